The van der Waals surface area contributed by atoms with Gasteiger partial charge in [0, 0.05) is 50.1 Å². The van der Waals surface area contributed by atoms with Crippen LogP contribution in [0.2, 0.25) is 0 Å². The Labute approximate surface area is 215 Å². The van der Waals surface area contributed by atoms with Crippen molar-refractivity contribution in [1.82, 2.24) is 24.8 Å². The Balaban J connectivity index is 0.000000218. The van der Waals surface area contributed by atoms with Crippen LogP contribution in [0.5, 0.6) is 0 Å². The number of benzene rings is 1. The Morgan fingerprint density at radius 1 is 1.16 bits per heavy atom. The predicted molar refractivity (Wildman–Crippen MR) is 137 cm³/mol. The maximum Gasteiger partial charge on any atom is 0.266 e. The number of pyridine rings is 1. The molecule has 0 aliphatic carbocycles. The molecule has 2 N–H and O–H groups in total. The average molecular weight is 521 g/mol. The summed E-state index contributed by atoms with van der Waals surface area (Å²) in [6.45, 7) is 4.82. The molecular weight excluding hydrogens is 485 g/mol. The van der Waals surface area contributed by atoms with Crippen LogP contribution in [0.1, 0.15) is 53.6 Å². The number of halogens is 3. The highest BCUT2D eigenvalue weighted by Crippen LogP contribution is 2.28. The molecule has 0 saturated carbocycles. The van der Waals surface area contributed by atoms with Crippen molar-refractivity contribution < 1.29 is 23.1 Å². The van der Waals surface area contributed by atoms with E-state index < -0.39 is 17.8 Å². The van der Waals surface area contributed by atoms with Crippen LogP contribution in [-0.4, -0.2) is 77.3 Å². The molecule has 37 heavy (non-hydrogen) atoms. The topological polar surface area (TPSA) is 86.0 Å². The Morgan fingerprint density at radius 3 is 2.49 bits per heavy atom. The van der Waals surface area contributed by atoms with Crippen molar-refractivity contribution in [3.8, 4) is 0 Å². The number of aliphatic hydroxyl groups excluding tert-OH is 1. The number of fused-ring (bicyclic) bond motifs is 1. The molecule has 2 aliphatic heterocycles. The minimum absolute atomic E-state index is 0.256. The van der Waals surface area contributed by atoms with Gasteiger partial charge in [0.2, 0.25) is 0 Å². The zero-order valence-corrected chi connectivity index (χ0v) is 21.3. The van der Waals surface area contributed by atoms with Crippen molar-refractivity contribution in [3.63, 3.8) is 0 Å². The normalized spacial score (nSPS) is 16.4. The summed E-state index contributed by atoms with van der Waals surface area (Å²) in [5, 5.41) is 13.9. The molecule has 1 aromatic carbocycles. The third kappa shape index (κ3) is 7.06. The van der Waals surface area contributed by atoms with E-state index in [9.17, 15) is 18.0 Å². The maximum absolute atomic E-state index is 13.2. The lowest BCUT2D eigenvalue weighted by Gasteiger charge is -2.37. The van der Waals surface area contributed by atoms with Gasteiger partial charge in [-0.05, 0) is 51.9 Å². The van der Waals surface area contributed by atoms with E-state index in [2.05, 4.69) is 25.2 Å². The van der Waals surface area contributed by atoms with Crippen molar-refractivity contribution in [2.24, 2.45) is 0 Å². The van der Waals surface area contributed by atoms with E-state index >= 15 is 0 Å². The summed E-state index contributed by atoms with van der Waals surface area (Å²) in [5.74, 6) is -0.813. The number of likely N-dealkylation sites (tertiary alicyclic amines) is 1. The molecule has 0 atom stereocenters. The molecule has 202 valence electrons. The van der Waals surface area contributed by atoms with Gasteiger partial charge in [0.1, 0.15) is 12.1 Å². The first-order valence-electron chi connectivity index (χ1n) is 12.4. The first-order valence-corrected chi connectivity index (χ1v) is 12.4. The van der Waals surface area contributed by atoms with Crippen molar-refractivity contribution in [2.75, 3.05) is 45.2 Å². The first-order chi connectivity index (χ1) is 18.0. The fourth-order valence-electron chi connectivity index (χ4n) is 4.90. The van der Waals surface area contributed by atoms with E-state index in [4.69, 9.17) is 5.11 Å². The summed E-state index contributed by atoms with van der Waals surface area (Å²) in [4.78, 5) is 20.5. The molecule has 2 aliphatic rings. The number of carbonyl (C=O) groups is 1. The molecule has 11 heteroatoms. The highest BCUT2D eigenvalue weighted by molar-refractivity contribution is 5.81. The molecule has 4 heterocycles. The fourth-order valence-corrected chi connectivity index (χ4v) is 4.90. The van der Waals surface area contributed by atoms with E-state index in [1.54, 1.807) is 24.1 Å². The number of carbonyl (C=O) groups excluding carboxylic acids is 1. The van der Waals surface area contributed by atoms with Gasteiger partial charge in [-0.1, -0.05) is 18.2 Å². The maximum atomic E-state index is 13.2. The van der Waals surface area contributed by atoms with Crippen LogP contribution in [0, 0.1) is 5.82 Å². The van der Waals surface area contributed by atoms with Gasteiger partial charge in [-0.2, -0.15) is 5.10 Å². The van der Waals surface area contributed by atoms with E-state index in [1.165, 1.54) is 50.9 Å². The molecule has 0 spiro atoms. The number of aliphatic hydroxyl groups is 1. The van der Waals surface area contributed by atoms with E-state index in [0.29, 0.717) is 5.56 Å². The first kappa shape index (κ1) is 28.5. The van der Waals surface area contributed by atoms with Crippen LogP contribution in [0.4, 0.5) is 18.9 Å². The van der Waals surface area contributed by atoms with Crippen LogP contribution < -0.4 is 10.2 Å². The van der Waals surface area contributed by atoms with Crippen LogP contribution >= 0.6 is 0 Å². The molecule has 0 bridgehead atoms. The van der Waals surface area contributed by atoms with Gasteiger partial charge in [-0.15, -0.1) is 0 Å². The Kier molecular flexibility index (Phi) is 10.8. The fraction of sp³-hybridized carbons (Fsp3) is 0.500. The third-order valence-electron chi connectivity index (χ3n) is 6.69. The number of hydrogen-bond donors (Lipinski definition) is 2. The molecule has 2 fully saturated rings. The quantitative estimate of drug-likeness (QED) is 0.480. The molecule has 0 amide bonds. The average Bonchev–Trinajstić information content (AvgIpc) is 3.64. The van der Waals surface area contributed by atoms with Crippen LogP contribution in [0.3, 0.4) is 0 Å². The summed E-state index contributed by atoms with van der Waals surface area (Å²) >= 11 is 0. The van der Waals surface area contributed by atoms with Crippen molar-refractivity contribution >= 4 is 17.6 Å². The molecule has 8 nitrogen and oxygen atoms in total. The highest BCUT2D eigenvalue weighted by Gasteiger charge is 2.27. The Morgan fingerprint density at radius 2 is 1.86 bits per heavy atom. The number of rotatable bonds is 6. The second-order valence-corrected chi connectivity index (χ2v) is 8.92. The summed E-state index contributed by atoms with van der Waals surface area (Å²) in [5.41, 5.74) is 2.25. The minimum Gasteiger partial charge on any atom is -0.400 e. The minimum atomic E-state index is -2.75. The van der Waals surface area contributed by atoms with Crippen LogP contribution in [0.25, 0.3) is 5.65 Å². The number of alkyl halides is 2. The second kappa shape index (κ2) is 14.1. The van der Waals surface area contributed by atoms with Gasteiger partial charge < -0.3 is 20.2 Å². The lowest BCUT2D eigenvalue weighted by atomic mass is 10.0. The number of aromatic nitrogens is 3. The second-order valence-electron chi connectivity index (χ2n) is 8.92. The molecule has 0 unspecified atom stereocenters. The van der Waals surface area contributed by atoms with Crippen molar-refractivity contribution in [1.29, 1.82) is 0 Å². The molecular formula is C26H35F3N6O2. The van der Waals surface area contributed by atoms with Crippen molar-refractivity contribution in [3.05, 3.63) is 59.3 Å². The number of piperidine rings is 1. The zero-order chi connectivity index (χ0) is 26.8. The standard InChI is InChI=1S/C16H21N5O.C9H10F3N.CH4O/c22-11-13-9-15(16-17-12-18-21(16)10-13)20-7-3-14(4-8-20)19-5-1-2-6-19;1-13-5-6-3-2-4-7(8(6)10)9(11)12;1-2/h9-12,14H,1-8H2;2-4,9,13H,5H2,1H3;2H,1H3. The highest BCUT2D eigenvalue weighted by atomic mass is 19.3. The Bertz CT molecular complexity index is 1130. The zero-order valence-electron chi connectivity index (χ0n) is 21.3. The van der Waals surface area contributed by atoms with E-state index in [1.807, 2.05) is 6.07 Å². The lowest BCUT2D eigenvalue weighted by molar-refractivity contribution is 0.112. The number of aldehydes is 1. The molecule has 3 aromatic rings. The molecule has 2 aromatic heterocycles. The van der Waals surface area contributed by atoms with E-state index in [-0.39, 0.29) is 12.1 Å². The molecule has 2 saturated heterocycles. The Hall–Kier alpha value is -3.02. The number of nitrogens with zero attached hydrogens (tertiary/aromatic N) is 5. The summed E-state index contributed by atoms with van der Waals surface area (Å²) < 4.78 is 39.3. The van der Waals surface area contributed by atoms with Gasteiger partial charge in [0.05, 0.1) is 11.3 Å². The monoisotopic (exact) mass is 520 g/mol. The summed E-state index contributed by atoms with van der Waals surface area (Å²) in [6, 6.07) is 6.67. The van der Waals surface area contributed by atoms with Gasteiger partial charge in [0.15, 0.2) is 11.9 Å². The SMILES string of the molecule is CNCc1cccc(C(F)F)c1F.CO.O=Cc1cc(N2CCC(N3CCCC3)CC2)c2ncnn2c1. The van der Waals surface area contributed by atoms with Gasteiger partial charge >= 0.3 is 0 Å². The number of hydrogen-bond acceptors (Lipinski definition) is 7. The smallest absolute Gasteiger partial charge is 0.266 e. The third-order valence-corrected chi connectivity index (χ3v) is 6.69. The van der Waals surface area contributed by atoms with Gasteiger partial charge in [-0.3, -0.25) is 4.79 Å². The van der Waals surface area contributed by atoms with Gasteiger partial charge in [0.25, 0.3) is 6.43 Å². The van der Waals surface area contributed by atoms with Gasteiger partial charge in [-0.25, -0.2) is 22.7 Å². The van der Waals surface area contributed by atoms with E-state index in [0.717, 1.165) is 49.9 Å². The largest absolute Gasteiger partial charge is 0.400 e. The predicted octanol–water partition coefficient (Wildman–Crippen LogP) is 3.70. The summed E-state index contributed by atoms with van der Waals surface area (Å²) in [6.07, 6.45) is 6.47. The van der Waals surface area contributed by atoms with Crippen LogP contribution in [-0.2, 0) is 6.54 Å². The summed E-state index contributed by atoms with van der Waals surface area (Å²) in [7, 11) is 2.63. The number of anilines is 1. The number of nitrogens with one attached hydrogen (secondary N) is 1. The lowest BCUT2D eigenvalue weighted by Crippen LogP contribution is -2.44. The molecule has 5 rings (SSSR count). The molecule has 0 radical (unpaired) electrons. The van der Waals surface area contributed by atoms with Crippen LogP contribution in [0.15, 0.2) is 36.8 Å². The van der Waals surface area contributed by atoms with Crippen molar-refractivity contribution in [2.45, 2.75) is 44.7 Å².